The van der Waals surface area contributed by atoms with Crippen LogP contribution in [0, 0.1) is 0 Å². The first-order chi connectivity index (χ1) is 8.58. The van der Waals surface area contributed by atoms with Crippen LogP contribution in [0.25, 0.3) is 11.1 Å². The van der Waals surface area contributed by atoms with E-state index in [1.54, 1.807) is 24.3 Å². The van der Waals surface area contributed by atoms with Crippen LogP contribution in [0.4, 0.5) is 0 Å². The maximum Gasteiger partial charge on any atom is 0.335 e. The Hall–Kier alpha value is -1.43. The van der Waals surface area contributed by atoms with Gasteiger partial charge in [-0.3, -0.25) is 0 Å². The zero-order valence-electron chi connectivity index (χ0n) is 11.3. The normalized spacial score (nSPS) is 9.00. The number of aromatic carboxylic acids is 2. The van der Waals surface area contributed by atoms with Gasteiger partial charge in [0.25, 0.3) is 0 Å². The molecular formula is C14H10Li2O4. The standard InChI is InChI=1S/C14H10O4.2Li/c15-13(16)11-5-1-9(2-6-11)10-3-7-12(8-4-10)14(17)18;;/h1-8H,(H,15,16)(H,17,18);;. The fourth-order valence-electron chi connectivity index (χ4n) is 1.61. The number of carbonyl (C=O) groups is 2. The minimum Gasteiger partial charge on any atom is -0.478 e. The van der Waals surface area contributed by atoms with Gasteiger partial charge in [-0.05, 0) is 35.4 Å². The summed E-state index contributed by atoms with van der Waals surface area (Å²) in [5, 5.41) is 17.6. The van der Waals surface area contributed by atoms with Gasteiger partial charge in [0.1, 0.15) is 0 Å². The third kappa shape index (κ3) is 4.30. The van der Waals surface area contributed by atoms with Gasteiger partial charge in [-0.25, -0.2) is 9.59 Å². The molecule has 2 aromatic rings. The van der Waals surface area contributed by atoms with Crippen molar-refractivity contribution in [3.05, 3.63) is 59.7 Å². The molecule has 0 aliphatic heterocycles. The Morgan fingerprint density at radius 3 is 1.05 bits per heavy atom. The van der Waals surface area contributed by atoms with Gasteiger partial charge in [0.05, 0.1) is 11.1 Å². The summed E-state index contributed by atoms with van der Waals surface area (Å²) in [6.45, 7) is 0. The van der Waals surface area contributed by atoms with Gasteiger partial charge in [-0.2, -0.15) is 0 Å². The van der Waals surface area contributed by atoms with Crippen molar-refractivity contribution in [1.82, 2.24) is 0 Å². The van der Waals surface area contributed by atoms with Crippen molar-refractivity contribution < 1.29 is 19.8 Å². The summed E-state index contributed by atoms with van der Waals surface area (Å²) in [6.07, 6.45) is 0. The van der Waals surface area contributed by atoms with Crippen molar-refractivity contribution in [2.75, 3.05) is 0 Å². The van der Waals surface area contributed by atoms with E-state index < -0.39 is 11.9 Å². The summed E-state index contributed by atoms with van der Waals surface area (Å²) in [7, 11) is 0. The smallest absolute Gasteiger partial charge is 0.335 e. The Morgan fingerprint density at radius 1 is 0.600 bits per heavy atom. The molecule has 0 spiro atoms. The molecule has 0 heterocycles. The van der Waals surface area contributed by atoms with Gasteiger partial charge in [-0.15, -0.1) is 0 Å². The first kappa shape index (κ1) is 18.6. The average molecular weight is 256 g/mol. The molecule has 2 N–H and O–H groups in total. The average Bonchev–Trinajstić information content (AvgIpc) is 2.39. The van der Waals surface area contributed by atoms with Crippen molar-refractivity contribution in [3.8, 4) is 11.1 Å². The van der Waals surface area contributed by atoms with Crippen molar-refractivity contribution in [2.45, 2.75) is 0 Å². The number of rotatable bonds is 3. The summed E-state index contributed by atoms with van der Waals surface area (Å²) in [5.41, 5.74) is 2.13. The number of carboxylic acid groups (broad SMARTS) is 2. The van der Waals surface area contributed by atoms with E-state index in [0.717, 1.165) is 11.1 Å². The van der Waals surface area contributed by atoms with Gasteiger partial charge in [0.2, 0.25) is 0 Å². The molecule has 2 rings (SSSR count). The molecule has 92 valence electrons. The van der Waals surface area contributed by atoms with Crippen molar-refractivity contribution in [2.24, 2.45) is 0 Å². The minimum absolute atomic E-state index is 0. The summed E-state index contributed by atoms with van der Waals surface area (Å²) in [5.74, 6) is -1.94. The molecule has 0 fully saturated rings. The van der Waals surface area contributed by atoms with Crippen LogP contribution in [0.3, 0.4) is 0 Å². The molecule has 0 aromatic heterocycles. The quantitative estimate of drug-likeness (QED) is 0.823. The van der Waals surface area contributed by atoms with E-state index in [4.69, 9.17) is 10.2 Å². The topological polar surface area (TPSA) is 74.6 Å². The van der Waals surface area contributed by atoms with Crippen LogP contribution in [0.1, 0.15) is 20.7 Å². The molecule has 20 heavy (non-hydrogen) atoms. The van der Waals surface area contributed by atoms with E-state index >= 15 is 0 Å². The molecule has 2 radical (unpaired) electrons. The monoisotopic (exact) mass is 256 g/mol. The Labute approximate surface area is 140 Å². The fourth-order valence-corrected chi connectivity index (χ4v) is 1.61. The van der Waals surface area contributed by atoms with E-state index in [9.17, 15) is 9.59 Å². The molecule has 0 unspecified atom stereocenters. The van der Waals surface area contributed by atoms with E-state index in [2.05, 4.69) is 0 Å². The predicted molar refractivity (Wildman–Crippen MR) is 77.3 cm³/mol. The SMILES string of the molecule is O=C(O)c1ccc(-c2ccc(C(=O)O)cc2)cc1.[Li].[Li]. The van der Waals surface area contributed by atoms with E-state index in [1.165, 1.54) is 24.3 Å². The van der Waals surface area contributed by atoms with Crippen LogP contribution >= 0.6 is 0 Å². The summed E-state index contributed by atoms with van der Waals surface area (Å²) in [4.78, 5) is 21.4. The Bertz CT molecular complexity index is 536. The summed E-state index contributed by atoms with van der Waals surface area (Å²) in [6, 6.07) is 12.8. The molecule has 0 atom stereocenters. The molecule has 0 bridgehead atoms. The van der Waals surface area contributed by atoms with Crippen LogP contribution in [-0.4, -0.2) is 59.9 Å². The van der Waals surface area contributed by atoms with Gasteiger partial charge in [0.15, 0.2) is 0 Å². The van der Waals surface area contributed by atoms with Crippen molar-refractivity contribution >= 4 is 49.7 Å². The second-order valence-electron chi connectivity index (χ2n) is 3.77. The fraction of sp³-hybridized carbons (Fsp3) is 0. The van der Waals surface area contributed by atoms with Crippen LogP contribution in [0.15, 0.2) is 48.5 Å². The number of benzene rings is 2. The zero-order valence-corrected chi connectivity index (χ0v) is 11.3. The molecule has 0 amide bonds. The number of carboxylic acids is 2. The van der Waals surface area contributed by atoms with Crippen LogP contribution in [0.2, 0.25) is 0 Å². The van der Waals surface area contributed by atoms with E-state index in [-0.39, 0.29) is 48.8 Å². The molecular weight excluding hydrogens is 246 g/mol. The molecule has 0 saturated heterocycles. The van der Waals surface area contributed by atoms with Gasteiger partial charge < -0.3 is 10.2 Å². The Morgan fingerprint density at radius 2 is 0.850 bits per heavy atom. The Balaban J connectivity index is 0.00000180. The second-order valence-corrected chi connectivity index (χ2v) is 3.77. The van der Waals surface area contributed by atoms with Gasteiger partial charge in [0, 0.05) is 37.7 Å². The minimum atomic E-state index is -0.970. The molecule has 0 aliphatic carbocycles. The number of hydrogen-bond acceptors (Lipinski definition) is 2. The van der Waals surface area contributed by atoms with Crippen molar-refractivity contribution in [1.29, 1.82) is 0 Å². The van der Waals surface area contributed by atoms with Crippen LogP contribution in [0.5, 0.6) is 0 Å². The maximum atomic E-state index is 10.7. The van der Waals surface area contributed by atoms with Crippen LogP contribution in [-0.2, 0) is 0 Å². The van der Waals surface area contributed by atoms with Crippen molar-refractivity contribution in [3.63, 3.8) is 0 Å². The zero-order chi connectivity index (χ0) is 13.1. The third-order valence-electron chi connectivity index (χ3n) is 2.60. The second kappa shape index (κ2) is 7.99. The molecule has 0 saturated carbocycles. The van der Waals surface area contributed by atoms with Crippen LogP contribution < -0.4 is 0 Å². The van der Waals surface area contributed by atoms with Gasteiger partial charge >= 0.3 is 11.9 Å². The third-order valence-corrected chi connectivity index (χ3v) is 2.60. The molecule has 0 aliphatic rings. The largest absolute Gasteiger partial charge is 0.478 e. The molecule has 6 heteroatoms. The van der Waals surface area contributed by atoms with E-state index in [0.29, 0.717) is 0 Å². The molecule has 2 aromatic carbocycles. The maximum absolute atomic E-state index is 10.7. The first-order valence-electron chi connectivity index (χ1n) is 5.25. The van der Waals surface area contributed by atoms with Gasteiger partial charge in [-0.1, -0.05) is 24.3 Å². The number of hydrogen-bond donors (Lipinski definition) is 2. The van der Waals surface area contributed by atoms with E-state index in [1.807, 2.05) is 0 Å². The summed E-state index contributed by atoms with van der Waals surface area (Å²) >= 11 is 0. The molecule has 4 nitrogen and oxygen atoms in total. The summed E-state index contributed by atoms with van der Waals surface area (Å²) < 4.78 is 0. The Kier molecular flexibility index (Phi) is 7.43. The predicted octanol–water partition coefficient (Wildman–Crippen LogP) is 1.99. The first-order valence-corrected chi connectivity index (χ1v) is 5.25.